The number of hydrogen-bond donors (Lipinski definition) is 1. The molecule has 1 aromatic heterocycles. The number of para-hydroxylation sites is 1. The van der Waals surface area contributed by atoms with E-state index in [1.807, 2.05) is 24.3 Å². The second-order valence-electron chi connectivity index (χ2n) is 5.34. The highest BCUT2D eigenvalue weighted by atomic mass is 19.1. The van der Waals surface area contributed by atoms with E-state index in [9.17, 15) is 4.39 Å². The first-order valence-corrected chi connectivity index (χ1v) is 6.75. The van der Waals surface area contributed by atoms with Gasteiger partial charge in [-0.15, -0.1) is 0 Å². The molecule has 1 heterocycles. The Morgan fingerprint density at radius 1 is 1.15 bits per heavy atom. The van der Waals surface area contributed by atoms with Gasteiger partial charge in [0, 0.05) is 11.3 Å². The van der Waals surface area contributed by atoms with Crippen LogP contribution in [0.15, 0.2) is 52.9 Å². The van der Waals surface area contributed by atoms with E-state index in [0.29, 0.717) is 11.3 Å². The zero-order valence-electron chi connectivity index (χ0n) is 10.8. The van der Waals surface area contributed by atoms with E-state index < -0.39 is 0 Å². The fourth-order valence-electron chi connectivity index (χ4n) is 3.03. The highest BCUT2D eigenvalue weighted by Crippen LogP contribution is 2.43. The van der Waals surface area contributed by atoms with E-state index in [4.69, 9.17) is 10.2 Å². The fraction of sp³-hybridized carbons (Fsp3) is 0.176. The van der Waals surface area contributed by atoms with Crippen molar-refractivity contribution in [1.29, 1.82) is 0 Å². The first-order valence-electron chi connectivity index (χ1n) is 6.75. The average molecular weight is 267 g/mol. The number of halogens is 1. The van der Waals surface area contributed by atoms with Crippen molar-refractivity contribution < 1.29 is 8.81 Å². The van der Waals surface area contributed by atoms with Crippen LogP contribution in [0.4, 0.5) is 4.39 Å². The van der Waals surface area contributed by atoms with E-state index in [2.05, 4.69) is 12.1 Å². The summed E-state index contributed by atoms with van der Waals surface area (Å²) in [5, 5.41) is 0.767. The molecular weight excluding hydrogens is 253 g/mol. The Balaban J connectivity index is 1.72. The monoisotopic (exact) mass is 267 g/mol. The molecule has 20 heavy (non-hydrogen) atoms. The zero-order valence-corrected chi connectivity index (χ0v) is 10.8. The normalized spacial score (nSPS) is 18.6. The minimum absolute atomic E-state index is 0.225. The molecule has 0 saturated heterocycles. The summed E-state index contributed by atoms with van der Waals surface area (Å²) in [6, 6.07) is 14.8. The molecule has 0 fully saturated rings. The number of fused-ring (bicyclic) bond motifs is 2. The van der Waals surface area contributed by atoms with Gasteiger partial charge in [0.25, 0.3) is 0 Å². The quantitative estimate of drug-likeness (QED) is 0.764. The van der Waals surface area contributed by atoms with Gasteiger partial charge in [0.05, 0.1) is 6.04 Å². The summed E-state index contributed by atoms with van der Waals surface area (Å²) in [6.07, 6.45) is 0.955. The van der Waals surface area contributed by atoms with Crippen molar-refractivity contribution in [2.45, 2.75) is 18.4 Å². The number of hydrogen-bond acceptors (Lipinski definition) is 2. The molecule has 0 saturated carbocycles. The average Bonchev–Trinajstić information content (AvgIpc) is 2.85. The SMILES string of the molecule is NC(c1cc2cccc(F)c2o1)C1Cc2ccccc21. The van der Waals surface area contributed by atoms with Crippen LogP contribution in [0.2, 0.25) is 0 Å². The van der Waals surface area contributed by atoms with Crippen molar-refractivity contribution in [3.8, 4) is 0 Å². The van der Waals surface area contributed by atoms with Gasteiger partial charge in [-0.1, -0.05) is 36.4 Å². The highest BCUT2D eigenvalue weighted by molar-refractivity contribution is 5.78. The lowest BCUT2D eigenvalue weighted by Gasteiger charge is -2.33. The standard InChI is InChI=1S/C17H14FNO/c18-14-7-3-5-11-9-15(20-17(11)14)16(19)13-8-10-4-1-2-6-12(10)13/h1-7,9,13,16H,8,19H2. The molecule has 4 rings (SSSR count). The number of furan rings is 1. The number of benzene rings is 2. The molecular formula is C17H14FNO. The summed E-state index contributed by atoms with van der Waals surface area (Å²) in [4.78, 5) is 0. The van der Waals surface area contributed by atoms with Gasteiger partial charge in [0.2, 0.25) is 0 Å². The second kappa shape index (κ2) is 4.18. The van der Waals surface area contributed by atoms with Crippen molar-refractivity contribution >= 4 is 11.0 Å². The van der Waals surface area contributed by atoms with E-state index in [1.54, 1.807) is 6.07 Å². The molecule has 1 aliphatic carbocycles. The van der Waals surface area contributed by atoms with Gasteiger partial charge >= 0.3 is 0 Å². The van der Waals surface area contributed by atoms with E-state index in [-0.39, 0.29) is 17.8 Å². The Bertz CT molecular complexity index is 793. The topological polar surface area (TPSA) is 39.2 Å². The maximum Gasteiger partial charge on any atom is 0.169 e. The minimum atomic E-state index is -0.338. The van der Waals surface area contributed by atoms with Crippen LogP contribution >= 0.6 is 0 Å². The summed E-state index contributed by atoms with van der Waals surface area (Å²) in [7, 11) is 0. The maximum absolute atomic E-state index is 13.7. The van der Waals surface area contributed by atoms with Crippen molar-refractivity contribution in [2.24, 2.45) is 5.73 Å². The second-order valence-corrected chi connectivity index (χ2v) is 5.34. The molecule has 100 valence electrons. The lowest BCUT2D eigenvalue weighted by atomic mass is 9.73. The van der Waals surface area contributed by atoms with Gasteiger partial charge < -0.3 is 10.2 Å². The largest absolute Gasteiger partial charge is 0.456 e. The van der Waals surface area contributed by atoms with Crippen molar-refractivity contribution in [2.75, 3.05) is 0 Å². The lowest BCUT2D eigenvalue weighted by Crippen LogP contribution is -2.28. The highest BCUT2D eigenvalue weighted by Gasteiger charge is 2.33. The van der Waals surface area contributed by atoms with Gasteiger partial charge in [-0.3, -0.25) is 0 Å². The maximum atomic E-state index is 13.7. The Kier molecular flexibility index (Phi) is 2.44. The summed E-state index contributed by atoms with van der Waals surface area (Å²) in [6.45, 7) is 0. The van der Waals surface area contributed by atoms with Crippen LogP contribution in [0.5, 0.6) is 0 Å². The summed E-state index contributed by atoms with van der Waals surface area (Å²) in [5.41, 5.74) is 9.23. The first-order chi connectivity index (χ1) is 9.74. The van der Waals surface area contributed by atoms with Crippen LogP contribution in [-0.4, -0.2) is 0 Å². The molecule has 0 spiro atoms. The van der Waals surface area contributed by atoms with Crippen LogP contribution in [0.25, 0.3) is 11.0 Å². The van der Waals surface area contributed by atoms with Crippen LogP contribution < -0.4 is 5.73 Å². The van der Waals surface area contributed by atoms with Gasteiger partial charge in [-0.2, -0.15) is 0 Å². The van der Waals surface area contributed by atoms with Gasteiger partial charge in [-0.05, 0) is 29.7 Å². The van der Waals surface area contributed by atoms with E-state index in [1.165, 1.54) is 17.2 Å². The molecule has 0 bridgehead atoms. The molecule has 2 atom stereocenters. The van der Waals surface area contributed by atoms with Crippen molar-refractivity contribution in [3.63, 3.8) is 0 Å². The molecule has 0 amide bonds. The summed E-state index contributed by atoms with van der Waals surface area (Å²) < 4.78 is 19.3. The lowest BCUT2D eigenvalue weighted by molar-refractivity contribution is 0.412. The van der Waals surface area contributed by atoms with Crippen LogP contribution in [0, 0.1) is 5.82 Å². The molecule has 2 N–H and O–H groups in total. The van der Waals surface area contributed by atoms with Crippen LogP contribution in [0.3, 0.4) is 0 Å². The molecule has 2 nitrogen and oxygen atoms in total. The van der Waals surface area contributed by atoms with Gasteiger partial charge in [-0.25, -0.2) is 4.39 Å². The first kappa shape index (κ1) is 11.7. The molecule has 2 unspecified atom stereocenters. The molecule has 0 radical (unpaired) electrons. The molecule has 0 aliphatic heterocycles. The minimum Gasteiger partial charge on any atom is -0.456 e. The van der Waals surface area contributed by atoms with E-state index in [0.717, 1.165) is 11.8 Å². The van der Waals surface area contributed by atoms with Crippen molar-refractivity contribution in [3.05, 3.63) is 71.2 Å². The number of rotatable bonds is 2. The zero-order chi connectivity index (χ0) is 13.7. The van der Waals surface area contributed by atoms with E-state index >= 15 is 0 Å². The Labute approximate surface area is 116 Å². The molecule has 3 aromatic rings. The van der Waals surface area contributed by atoms with Gasteiger partial charge in [0.1, 0.15) is 5.76 Å². The summed E-state index contributed by atoms with van der Waals surface area (Å²) >= 11 is 0. The number of nitrogens with two attached hydrogens (primary N) is 1. The Morgan fingerprint density at radius 3 is 2.80 bits per heavy atom. The molecule has 3 heteroatoms. The third kappa shape index (κ3) is 1.60. The fourth-order valence-corrected chi connectivity index (χ4v) is 3.03. The smallest absolute Gasteiger partial charge is 0.169 e. The predicted molar refractivity (Wildman–Crippen MR) is 76.0 cm³/mol. The predicted octanol–water partition coefficient (Wildman–Crippen LogP) is 3.91. The third-order valence-corrected chi connectivity index (χ3v) is 4.17. The Morgan fingerprint density at radius 2 is 2.00 bits per heavy atom. The molecule has 2 aromatic carbocycles. The Hall–Kier alpha value is -2.13. The third-order valence-electron chi connectivity index (χ3n) is 4.17. The van der Waals surface area contributed by atoms with Gasteiger partial charge in [0.15, 0.2) is 11.4 Å². The van der Waals surface area contributed by atoms with Crippen molar-refractivity contribution in [1.82, 2.24) is 0 Å². The van der Waals surface area contributed by atoms with Crippen LogP contribution in [0.1, 0.15) is 28.8 Å². The summed E-state index contributed by atoms with van der Waals surface area (Å²) in [5.74, 6) is 0.578. The van der Waals surface area contributed by atoms with Crippen LogP contribution in [-0.2, 0) is 6.42 Å². The molecule has 1 aliphatic rings.